The molecular formula is C16H26O. The van der Waals surface area contributed by atoms with Gasteiger partial charge in [-0.2, -0.15) is 0 Å². The Balaban J connectivity index is 2.98. The molecule has 1 rings (SSSR count). The summed E-state index contributed by atoms with van der Waals surface area (Å²) in [6, 6.07) is 6.47. The second-order valence-corrected chi connectivity index (χ2v) is 4.76. The van der Waals surface area contributed by atoms with Crippen molar-refractivity contribution in [3.05, 3.63) is 34.9 Å². The van der Waals surface area contributed by atoms with E-state index in [4.69, 9.17) is 0 Å². The third-order valence-electron chi connectivity index (χ3n) is 3.83. The Labute approximate surface area is 106 Å². The van der Waals surface area contributed by atoms with E-state index in [1.165, 1.54) is 11.1 Å². The lowest BCUT2D eigenvalue weighted by Gasteiger charge is -2.21. The van der Waals surface area contributed by atoms with Crippen LogP contribution in [0.2, 0.25) is 0 Å². The van der Waals surface area contributed by atoms with Crippen LogP contribution < -0.4 is 0 Å². The zero-order valence-corrected chi connectivity index (χ0v) is 11.7. The fourth-order valence-electron chi connectivity index (χ4n) is 2.51. The number of aliphatic hydroxyl groups excluding tert-OH is 1. The van der Waals surface area contributed by atoms with Gasteiger partial charge >= 0.3 is 0 Å². The first kappa shape index (κ1) is 14.2. The number of benzene rings is 1. The highest BCUT2D eigenvalue weighted by Gasteiger charge is 2.18. The van der Waals surface area contributed by atoms with Crippen molar-refractivity contribution in [1.82, 2.24) is 0 Å². The molecule has 0 aliphatic heterocycles. The van der Waals surface area contributed by atoms with E-state index < -0.39 is 0 Å². The summed E-state index contributed by atoms with van der Waals surface area (Å²) in [5.74, 6) is 0.382. The molecule has 17 heavy (non-hydrogen) atoms. The summed E-state index contributed by atoms with van der Waals surface area (Å²) in [7, 11) is 0. The third kappa shape index (κ3) is 3.32. The van der Waals surface area contributed by atoms with Gasteiger partial charge in [-0.05, 0) is 35.4 Å². The molecule has 0 aliphatic rings. The van der Waals surface area contributed by atoms with E-state index in [0.29, 0.717) is 5.92 Å². The van der Waals surface area contributed by atoms with Gasteiger partial charge in [0.2, 0.25) is 0 Å². The predicted octanol–water partition coefficient (Wildman–Crippen LogP) is 4.28. The number of aliphatic hydroxyl groups is 1. The van der Waals surface area contributed by atoms with E-state index >= 15 is 0 Å². The third-order valence-corrected chi connectivity index (χ3v) is 3.83. The lowest BCUT2D eigenvalue weighted by atomic mass is 9.89. The van der Waals surface area contributed by atoms with E-state index in [0.717, 1.165) is 31.2 Å². The number of rotatable bonds is 6. The standard InChI is InChI=1S/C16H26O/c1-5-12(6-2)16(17)15-10-9-13(7-3)14(8-4)11-15/h9-12,16-17H,5-8H2,1-4H3. The van der Waals surface area contributed by atoms with Crippen molar-refractivity contribution in [2.45, 2.75) is 59.5 Å². The Morgan fingerprint density at radius 3 is 2.00 bits per heavy atom. The first-order valence-corrected chi connectivity index (χ1v) is 6.97. The van der Waals surface area contributed by atoms with Gasteiger partial charge in [0, 0.05) is 0 Å². The highest BCUT2D eigenvalue weighted by Crippen LogP contribution is 2.28. The Hall–Kier alpha value is -0.820. The van der Waals surface area contributed by atoms with Crippen molar-refractivity contribution in [2.75, 3.05) is 0 Å². The molecule has 96 valence electrons. The molecule has 0 bridgehead atoms. The second-order valence-electron chi connectivity index (χ2n) is 4.76. The zero-order chi connectivity index (χ0) is 12.8. The molecule has 1 nitrogen and oxygen atoms in total. The van der Waals surface area contributed by atoms with E-state index in [2.05, 4.69) is 45.9 Å². The fraction of sp³-hybridized carbons (Fsp3) is 0.625. The Morgan fingerprint density at radius 1 is 0.941 bits per heavy atom. The van der Waals surface area contributed by atoms with Crippen LogP contribution >= 0.6 is 0 Å². The van der Waals surface area contributed by atoms with Crippen molar-refractivity contribution in [3.63, 3.8) is 0 Å². The van der Waals surface area contributed by atoms with Crippen LogP contribution in [0, 0.1) is 5.92 Å². The van der Waals surface area contributed by atoms with Gasteiger partial charge in [-0.15, -0.1) is 0 Å². The molecule has 0 radical (unpaired) electrons. The Kier molecular flexibility index (Phi) is 5.70. The van der Waals surface area contributed by atoms with E-state index in [1.54, 1.807) is 0 Å². The molecular weight excluding hydrogens is 208 g/mol. The van der Waals surface area contributed by atoms with Crippen molar-refractivity contribution >= 4 is 0 Å². The zero-order valence-electron chi connectivity index (χ0n) is 11.7. The molecule has 0 aromatic heterocycles. The molecule has 1 N–H and O–H groups in total. The summed E-state index contributed by atoms with van der Waals surface area (Å²) >= 11 is 0. The summed E-state index contributed by atoms with van der Waals surface area (Å²) in [5, 5.41) is 10.4. The number of aryl methyl sites for hydroxylation is 2. The van der Waals surface area contributed by atoms with Gasteiger partial charge in [0.05, 0.1) is 6.10 Å². The largest absolute Gasteiger partial charge is 0.388 e. The molecule has 0 fully saturated rings. The van der Waals surface area contributed by atoms with Gasteiger partial charge in [0.1, 0.15) is 0 Å². The molecule has 0 amide bonds. The smallest absolute Gasteiger partial charge is 0.0818 e. The molecule has 0 saturated heterocycles. The molecule has 0 spiro atoms. The SMILES string of the molecule is CCc1ccc(C(O)C(CC)CC)cc1CC. The maximum Gasteiger partial charge on any atom is 0.0818 e. The highest BCUT2D eigenvalue weighted by molar-refractivity contribution is 5.33. The van der Waals surface area contributed by atoms with Gasteiger partial charge in [-0.1, -0.05) is 58.7 Å². The monoisotopic (exact) mass is 234 g/mol. The molecule has 1 aromatic carbocycles. The first-order chi connectivity index (χ1) is 8.17. The lowest BCUT2D eigenvalue weighted by Crippen LogP contribution is -2.11. The van der Waals surface area contributed by atoms with Gasteiger partial charge in [-0.25, -0.2) is 0 Å². The van der Waals surface area contributed by atoms with Crippen LogP contribution in [0.3, 0.4) is 0 Å². The molecule has 0 saturated carbocycles. The maximum absolute atomic E-state index is 10.4. The van der Waals surface area contributed by atoms with Crippen LogP contribution in [0.1, 0.15) is 63.3 Å². The van der Waals surface area contributed by atoms with Gasteiger partial charge in [-0.3, -0.25) is 0 Å². The maximum atomic E-state index is 10.4. The van der Waals surface area contributed by atoms with Crippen LogP contribution in [0.15, 0.2) is 18.2 Å². The summed E-state index contributed by atoms with van der Waals surface area (Å²) in [6.07, 6.45) is 3.89. The molecule has 1 heteroatoms. The lowest BCUT2D eigenvalue weighted by molar-refractivity contribution is 0.103. The quantitative estimate of drug-likeness (QED) is 0.779. The highest BCUT2D eigenvalue weighted by atomic mass is 16.3. The predicted molar refractivity (Wildman–Crippen MR) is 74.2 cm³/mol. The summed E-state index contributed by atoms with van der Waals surface area (Å²) in [6.45, 7) is 8.67. The Bertz CT molecular complexity index is 339. The summed E-state index contributed by atoms with van der Waals surface area (Å²) < 4.78 is 0. The van der Waals surface area contributed by atoms with Crippen LogP contribution in [0.4, 0.5) is 0 Å². The topological polar surface area (TPSA) is 20.2 Å². The molecule has 1 unspecified atom stereocenters. The van der Waals surface area contributed by atoms with E-state index in [-0.39, 0.29) is 6.10 Å². The molecule has 1 aromatic rings. The minimum absolute atomic E-state index is 0.304. The summed E-state index contributed by atoms with van der Waals surface area (Å²) in [4.78, 5) is 0. The summed E-state index contributed by atoms with van der Waals surface area (Å²) in [5.41, 5.74) is 3.88. The normalized spacial score (nSPS) is 13.1. The molecule has 1 atom stereocenters. The molecule has 0 heterocycles. The van der Waals surface area contributed by atoms with Crippen LogP contribution in [0.25, 0.3) is 0 Å². The van der Waals surface area contributed by atoms with Crippen molar-refractivity contribution in [1.29, 1.82) is 0 Å². The van der Waals surface area contributed by atoms with Crippen molar-refractivity contribution < 1.29 is 5.11 Å². The molecule has 0 aliphatic carbocycles. The van der Waals surface area contributed by atoms with Crippen LogP contribution in [0.5, 0.6) is 0 Å². The van der Waals surface area contributed by atoms with Gasteiger partial charge < -0.3 is 5.11 Å². The van der Waals surface area contributed by atoms with Gasteiger partial charge in [0.15, 0.2) is 0 Å². The van der Waals surface area contributed by atoms with Gasteiger partial charge in [0.25, 0.3) is 0 Å². The average Bonchev–Trinajstić information content (AvgIpc) is 2.39. The van der Waals surface area contributed by atoms with Crippen molar-refractivity contribution in [2.24, 2.45) is 5.92 Å². The van der Waals surface area contributed by atoms with Crippen LogP contribution in [-0.4, -0.2) is 5.11 Å². The Morgan fingerprint density at radius 2 is 1.53 bits per heavy atom. The minimum atomic E-state index is -0.304. The fourth-order valence-corrected chi connectivity index (χ4v) is 2.51. The average molecular weight is 234 g/mol. The van der Waals surface area contributed by atoms with E-state index in [9.17, 15) is 5.11 Å². The first-order valence-electron chi connectivity index (χ1n) is 6.97. The van der Waals surface area contributed by atoms with E-state index in [1.807, 2.05) is 0 Å². The minimum Gasteiger partial charge on any atom is -0.388 e. The number of hydrogen-bond donors (Lipinski definition) is 1. The number of hydrogen-bond acceptors (Lipinski definition) is 1. The van der Waals surface area contributed by atoms with Crippen LogP contribution in [-0.2, 0) is 12.8 Å². The second kappa shape index (κ2) is 6.80. The van der Waals surface area contributed by atoms with Crippen molar-refractivity contribution in [3.8, 4) is 0 Å².